The van der Waals surface area contributed by atoms with E-state index in [9.17, 15) is 17.1 Å². The molecule has 19 heavy (non-hydrogen) atoms. The predicted octanol–water partition coefficient (Wildman–Crippen LogP) is 1.08. The number of carbonyl (C=O) groups is 1. The zero-order valence-corrected chi connectivity index (χ0v) is 12.1. The standard InChI is InChI=1S/C10H11BrFN3O3S/c11-8-2-1-7(10(13)14-8)15-4-6(3-9(15)16)5-19(12,17)18/h1-2,6H,3-5H2,(H2,13,14). The molecule has 0 spiro atoms. The van der Waals surface area contributed by atoms with Gasteiger partial charge in [0, 0.05) is 18.9 Å². The molecule has 1 aliphatic heterocycles. The smallest absolute Gasteiger partial charge is 0.302 e. The van der Waals surface area contributed by atoms with E-state index in [0.717, 1.165) is 0 Å². The van der Waals surface area contributed by atoms with Crippen molar-refractivity contribution >= 4 is 43.6 Å². The number of nitrogens with zero attached hydrogens (tertiary/aromatic N) is 2. The van der Waals surface area contributed by atoms with Crippen molar-refractivity contribution in [3.63, 3.8) is 0 Å². The zero-order chi connectivity index (χ0) is 14.2. The predicted molar refractivity (Wildman–Crippen MR) is 71.7 cm³/mol. The maximum absolute atomic E-state index is 12.6. The van der Waals surface area contributed by atoms with Gasteiger partial charge in [0.15, 0.2) is 0 Å². The molecule has 1 aromatic heterocycles. The lowest BCUT2D eigenvalue weighted by molar-refractivity contribution is -0.117. The first-order valence-corrected chi connectivity index (χ1v) is 7.75. The van der Waals surface area contributed by atoms with Gasteiger partial charge in [0.2, 0.25) is 5.91 Å². The fraction of sp³-hybridized carbons (Fsp3) is 0.400. The monoisotopic (exact) mass is 351 g/mol. The molecule has 104 valence electrons. The Kier molecular flexibility index (Phi) is 3.77. The Morgan fingerprint density at radius 3 is 2.79 bits per heavy atom. The summed E-state index contributed by atoms with van der Waals surface area (Å²) in [5, 5.41) is 0. The second-order valence-corrected chi connectivity index (χ2v) is 6.54. The molecule has 1 amide bonds. The lowest BCUT2D eigenvalue weighted by Gasteiger charge is -2.17. The second-order valence-electron chi connectivity index (χ2n) is 4.32. The van der Waals surface area contributed by atoms with Crippen LogP contribution in [0.4, 0.5) is 15.4 Å². The number of aromatic nitrogens is 1. The van der Waals surface area contributed by atoms with E-state index in [4.69, 9.17) is 5.73 Å². The number of hydrogen-bond donors (Lipinski definition) is 1. The Labute approximate surface area is 118 Å². The van der Waals surface area contributed by atoms with Gasteiger partial charge in [-0.15, -0.1) is 3.89 Å². The largest absolute Gasteiger partial charge is 0.382 e. The van der Waals surface area contributed by atoms with Crippen LogP contribution >= 0.6 is 15.9 Å². The van der Waals surface area contributed by atoms with Gasteiger partial charge in [-0.25, -0.2) is 4.98 Å². The van der Waals surface area contributed by atoms with Crippen molar-refractivity contribution in [3.05, 3.63) is 16.7 Å². The van der Waals surface area contributed by atoms with Crippen LogP contribution in [0.25, 0.3) is 0 Å². The van der Waals surface area contributed by atoms with Crippen LogP contribution in [-0.2, 0) is 15.0 Å². The van der Waals surface area contributed by atoms with Crippen LogP contribution < -0.4 is 10.6 Å². The number of rotatable bonds is 3. The summed E-state index contributed by atoms with van der Waals surface area (Å²) < 4.78 is 34.4. The lowest BCUT2D eigenvalue weighted by Crippen LogP contribution is -2.26. The molecule has 1 aromatic rings. The molecule has 0 aromatic carbocycles. The zero-order valence-electron chi connectivity index (χ0n) is 9.71. The van der Waals surface area contributed by atoms with Crippen LogP contribution in [0.2, 0.25) is 0 Å². The molecular weight excluding hydrogens is 341 g/mol. The van der Waals surface area contributed by atoms with Gasteiger partial charge in [-0.1, -0.05) is 0 Å². The number of hydrogen-bond acceptors (Lipinski definition) is 5. The summed E-state index contributed by atoms with van der Waals surface area (Å²) in [4.78, 5) is 17.1. The highest BCUT2D eigenvalue weighted by molar-refractivity contribution is 9.10. The Balaban J connectivity index is 2.20. The van der Waals surface area contributed by atoms with E-state index in [-0.39, 0.29) is 24.7 Å². The highest BCUT2D eigenvalue weighted by atomic mass is 79.9. The Hall–Kier alpha value is -1.22. The van der Waals surface area contributed by atoms with Crippen molar-refractivity contribution in [1.82, 2.24) is 4.98 Å². The van der Waals surface area contributed by atoms with Crippen LogP contribution in [0.3, 0.4) is 0 Å². The van der Waals surface area contributed by atoms with Gasteiger partial charge < -0.3 is 10.6 Å². The molecule has 0 aliphatic carbocycles. The number of amides is 1. The van der Waals surface area contributed by atoms with Gasteiger partial charge in [0.05, 0.1) is 11.4 Å². The maximum atomic E-state index is 12.6. The summed E-state index contributed by atoms with van der Waals surface area (Å²) >= 11 is 3.15. The second kappa shape index (κ2) is 5.04. The van der Waals surface area contributed by atoms with Crippen LogP contribution in [0.1, 0.15) is 6.42 Å². The fourth-order valence-corrected chi connectivity index (χ4v) is 3.19. The molecule has 2 N–H and O–H groups in total. The summed E-state index contributed by atoms with van der Waals surface area (Å²) in [5.74, 6) is -1.35. The first-order chi connectivity index (χ1) is 8.76. The van der Waals surface area contributed by atoms with E-state index >= 15 is 0 Å². The first-order valence-electron chi connectivity index (χ1n) is 5.41. The van der Waals surface area contributed by atoms with E-state index in [1.807, 2.05) is 0 Å². The maximum Gasteiger partial charge on any atom is 0.302 e. The first kappa shape index (κ1) is 14.2. The van der Waals surface area contributed by atoms with Crippen molar-refractivity contribution < 1.29 is 17.1 Å². The normalized spacial score (nSPS) is 20.0. The minimum Gasteiger partial charge on any atom is -0.382 e. The van der Waals surface area contributed by atoms with Crippen molar-refractivity contribution in [2.45, 2.75) is 6.42 Å². The molecule has 0 bridgehead atoms. The summed E-state index contributed by atoms with van der Waals surface area (Å²) in [6, 6.07) is 3.23. The van der Waals surface area contributed by atoms with Crippen LogP contribution in [0.15, 0.2) is 16.7 Å². The molecule has 2 rings (SSSR count). The molecule has 1 saturated heterocycles. The lowest BCUT2D eigenvalue weighted by atomic mass is 10.1. The molecule has 1 aliphatic rings. The highest BCUT2D eigenvalue weighted by Crippen LogP contribution is 2.30. The van der Waals surface area contributed by atoms with Gasteiger partial charge in [-0.2, -0.15) is 8.42 Å². The van der Waals surface area contributed by atoms with Gasteiger partial charge in [-0.3, -0.25) is 4.79 Å². The number of carbonyl (C=O) groups excluding carboxylic acids is 1. The van der Waals surface area contributed by atoms with E-state index in [2.05, 4.69) is 20.9 Å². The summed E-state index contributed by atoms with van der Waals surface area (Å²) in [7, 11) is -4.59. The van der Waals surface area contributed by atoms with E-state index < -0.39 is 21.9 Å². The van der Waals surface area contributed by atoms with E-state index in [0.29, 0.717) is 10.3 Å². The molecule has 9 heteroatoms. The van der Waals surface area contributed by atoms with Crippen LogP contribution in [0.5, 0.6) is 0 Å². The molecule has 2 heterocycles. The molecule has 0 radical (unpaired) electrons. The third kappa shape index (κ3) is 3.41. The minimum atomic E-state index is -4.59. The average Bonchev–Trinajstić information content (AvgIpc) is 2.56. The van der Waals surface area contributed by atoms with Crippen molar-refractivity contribution in [2.24, 2.45) is 5.92 Å². The molecule has 1 atom stereocenters. The number of anilines is 2. The molecule has 0 saturated carbocycles. The SMILES string of the molecule is Nc1nc(Br)ccc1N1CC(CS(=O)(=O)F)CC1=O. The number of nitrogens with two attached hydrogens (primary N) is 1. The molecule has 1 unspecified atom stereocenters. The molecule has 1 fully saturated rings. The average molecular weight is 352 g/mol. The van der Waals surface area contributed by atoms with Crippen molar-refractivity contribution in [2.75, 3.05) is 22.9 Å². The van der Waals surface area contributed by atoms with Crippen LogP contribution in [-0.4, -0.2) is 31.6 Å². The quantitative estimate of drug-likeness (QED) is 0.649. The summed E-state index contributed by atoms with van der Waals surface area (Å²) in [5.41, 5.74) is 6.12. The summed E-state index contributed by atoms with van der Waals surface area (Å²) in [6.07, 6.45) is -0.0152. The third-order valence-electron chi connectivity index (χ3n) is 2.80. The fourth-order valence-electron chi connectivity index (χ4n) is 2.08. The molecule has 6 nitrogen and oxygen atoms in total. The van der Waals surface area contributed by atoms with Crippen molar-refractivity contribution in [3.8, 4) is 0 Å². The number of nitrogen functional groups attached to an aromatic ring is 1. The Bertz CT molecular complexity index is 622. The van der Waals surface area contributed by atoms with Gasteiger partial charge in [0.25, 0.3) is 0 Å². The number of halogens is 2. The number of pyridine rings is 1. The van der Waals surface area contributed by atoms with Gasteiger partial charge in [0.1, 0.15) is 10.4 Å². The molecular formula is C10H11BrFN3O3S. The highest BCUT2D eigenvalue weighted by Gasteiger charge is 2.34. The van der Waals surface area contributed by atoms with E-state index in [1.54, 1.807) is 12.1 Å². The third-order valence-corrected chi connectivity index (χ3v) is 4.11. The topological polar surface area (TPSA) is 93.4 Å². The Morgan fingerprint density at radius 1 is 1.53 bits per heavy atom. The van der Waals surface area contributed by atoms with Gasteiger partial charge in [-0.05, 0) is 28.1 Å². The summed E-state index contributed by atoms with van der Waals surface area (Å²) in [6.45, 7) is 0.121. The van der Waals surface area contributed by atoms with Gasteiger partial charge >= 0.3 is 10.2 Å². The minimum absolute atomic E-state index is 0.0152. The van der Waals surface area contributed by atoms with Crippen LogP contribution in [0, 0.1) is 5.92 Å². The van der Waals surface area contributed by atoms with Crippen molar-refractivity contribution in [1.29, 1.82) is 0 Å². The van der Waals surface area contributed by atoms with E-state index in [1.165, 1.54) is 4.90 Å². The Morgan fingerprint density at radius 2 is 2.21 bits per heavy atom.